The molecule has 3 saturated heterocycles. The van der Waals surface area contributed by atoms with E-state index in [1.165, 1.54) is 0 Å². The summed E-state index contributed by atoms with van der Waals surface area (Å²) in [6.07, 6.45) is 5.80. The molecule has 2 aromatic rings. The number of Topliss-reactive ketones (excluding diaryl/α,β-unsaturated/α-hetero) is 1. The highest BCUT2D eigenvalue weighted by Crippen LogP contribution is 2.29. The second-order valence-corrected chi connectivity index (χ2v) is 12.8. The van der Waals surface area contributed by atoms with Crippen molar-refractivity contribution < 1.29 is 33.5 Å². The molecule has 0 spiro atoms. The standard InChI is InChI=1S/C34H47N5O7/c1-5-20(3)29-34(44)38-17-10-9-15-26(38)33(43)35-23(13-11-16-28-30(46-28)27(40)6-2)31(41)36-24(32(42)37-29)18-21-19-39(45-4)25-14-8-7-12-22(21)25/h7-8,12,14,19-20,23-24,26,28-30H,5-6,9-11,13,15-18H2,1-4H3,(H,35,43)(H,36,41)(H,37,42)/t20-,23-,24-,26+,28?,29-,30?/m0/s1. The van der Waals surface area contributed by atoms with Crippen LogP contribution in [0, 0.1) is 5.92 Å². The molecule has 0 aliphatic carbocycles. The van der Waals surface area contributed by atoms with Crippen LogP contribution in [-0.2, 0) is 35.1 Å². The molecule has 2 unspecified atom stereocenters. The number of epoxide rings is 1. The minimum absolute atomic E-state index is 0.0588. The maximum absolute atomic E-state index is 14.1. The van der Waals surface area contributed by atoms with Crippen molar-refractivity contribution >= 4 is 40.3 Å². The molecule has 0 radical (unpaired) electrons. The number of para-hydroxylation sites is 1. The Labute approximate surface area is 269 Å². The Hall–Kier alpha value is -3.93. The van der Waals surface area contributed by atoms with Gasteiger partial charge in [-0.05, 0) is 56.1 Å². The summed E-state index contributed by atoms with van der Waals surface area (Å²) in [5.74, 6) is -1.73. The number of piperidine rings is 1. The van der Waals surface area contributed by atoms with Gasteiger partial charge in [0.05, 0.1) is 11.6 Å². The number of nitrogens with one attached hydrogen (secondary N) is 3. The fraction of sp³-hybridized carbons (Fsp3) is 0.618. The Morgan fingerprint density at radius 3 is 2.48 bits per heavy atom. The number of ketones is 1. The first-order valence-electron chi connectivity index (χ1n) is 16.7. The predicted molar refractivity (Wildman–Crippen MR) is 171 cm³/mol. The minimum Gasteiger partial charge on any atom is -0.417 e. The van der Waals surface area contributed by atoms with Gasteiger partial charge in [0, 0.05) is 31.0 Å². The van der Waals surface area contributed by atoms with E-state index in [0.29, 0.717) is 38.6 Å². The zero-order valence-corrected chi connectivity index (χ0v) is 27.3. The first-order chi connectivity index (χ1) is 22.2. The first kappa shape index (κ1) is 33.4. The SMILES string of the molecule is CCC(=O)C1OC1CCC[C@@H]1NC(=O)[C@H]2CCCCN2C(=O)[C@H]([C@@H](C)CC)NC(=O)[C@H](Cc2cn(OC)c3ccccc23)NC1=O. The fourth-order valence-electron chi connectivity index (χ4n) is 6.72. The minimum atomic E-state index is -1.03. The van der Waals surface area contributed by atoms with Crippen LogP contribution in [0.1, 0.15) is 77.7 Å². The van der Waals surface area contributed by atoms with Gasteiger partial charge >= 0.3 is 0 Å². The maximum Gasteiger partial charge on any atom is 0.246 e. The van der Waals surface area contributed by atoms with Crippen LogP contribution in [0.2, 0.25) is 0 Å². The highest BCUT2D eigenvalue weighted by molar-refractivity contribution is 5.98. The van der Waals surface area contributed by atoms with Crippen molar-refractivity contribution in [1.82, 2.24) is 25.6 Å². The number of nitrogens with zero attached hydrogens (tertiary/aromatic N) is 2. The van der Waals surface area contributed by atoms with Gasteiger partial charge in [0.15, 0.2) is 5.78 Å². The van der Waals surface area contributed by atoms with E-state index in [1.807, 2.05) is 38.1 Å². The molecule has 5 rings (SSSR count). The number of hydrogen-bond donors (Lipinski definition) is 3. The molecule has 7 atom stereocenters. The lowest BCUT2D eigenvalue weighted by atomic mass is 9.93. The summed E-state index contributed by atoms with van der Waals surface area (Å²) in [6, 6.07) is 4.07. The van der Waals surface area contributed by atoms with E-state index >= 15 is 0 Å². The summed E-state index contributed by atoms with van der Waals surface area (Å²) in [5, 5.41) is 9.71. The van der Waals surface area contributed by atoms with Gasteiger partial charge in [-0.1, -0.05) is 45.4 Å². The van der Waals surface area contributed by atoms with E-state index in [1.54, 1.807) is 29.9 Å². The summed E-state index contributed by atoms with van der Waals surface area (Å²) in [5.41, 5.74) is 1.60. The number of carbonyl (C=O) groups excluding carboxylic acids is 5. The van der Waals surface area contributed by atoms with Crippen LogP contribution >= 0.6 is 0 Å². The Morgan fingerprint density at radius 1 is 1.00 bits per heavy atom. The van der Waals surface area contributed by atoms with E-state index in [0.717, 1.165) is 29.3 Å². The fourth-order valence-corrected chi connectivity index (χ4v) is 6.72. The number of carbonyl (C=O) groups is 5. The van der Waals surface area contributed by atoms with Crippen LogP contribution < -0.4 is 20.8 Å². The van der Waals surface area contributed by atoms with Crippen LogP contribution in [-0.4, -0.2) is 89.1 Å². The molecule has 3 aliphatic heterocycles. The molecular weight excluding hydrogens is 590 g/mol. The van der Waals surface area contributed by atoms with Gasteiger partial charge in [-0.15, -0.1) is 0 Å². The molecule has 46 heavy (non-hydrogen) atoms. The van der Waals surface area contributed by atoms with Crippen molar-refractivity contribution in [3.63, 3.8) is 0 Å². The number of rotatable bonds is 11. The third-order valence-corrected chi connectivity index (χ3v) is 9.74. The Balaban J connectivity index is 1.44. The lowest BCUT2D eigenvalue weighted by molar-refractivity contribution is -0.147. The molecule has 12 nitrogen and oxygen atoms in total. The number of ether oxygens (including phenoxy) is 1. The summed E-state index contributed by atoms with van der Waals surface area (Å²) < 4.78 is 7.15. The Bertz CT molecular complexity index is 1460. The Kier molecular flexibility index (Phi) is 10.7. The molecule has 1 aromatic heterocycles. The summed E-state index contributed by atoms with van der Waals surface area (Å²) in [6.45, 7) is 6.07. The number of aromatic nitrogens is 1. The molecule has 3 fully saturated rings. The number of amides is 4. The van der Waals surface area contributed by atoms with Gasteiger partial charge in [-0.2, -0.15) is 4.73 Å². The largest absolute Gasteiger partial charge is 0.417 e. The zero-order chi connectivity index (χ0) is 33.0. The number of fused-ring (bicyclic) bond motifs is 2. The van der Waals surface area contributed by atoms with Gasteiger partial charge < -0.3 is 30.4 Å². The average Bonchev–Trinajstić information content (AvgIpc) is 3.77. The van der Waals surface area contributed by atoms with Crippen molar-refractivity contribution in [2.45, 2.75) is 115 Å². The van der Waals surface area contributed by atoms with Crippen molar-refractivity contribution in [2.24, 2.45) is 5.92 Å². The topological polar surface area (TPSA) is 151 Å². The van der Waals surface area contributed by atoms with E-state index in [9.17, 15) is 24.0 Å². The second-order valence-electron chi connectivity index (χ2n) is 12.8. The van der Waals surface area contributed by atoms with Gasteiger partial charge in [0.1, 0.15) is 37.4 Å². The molecule has 0 saturated carbocycles. The smallest absolute Gasteiger partial charge is 0.246 e. The quantitative estimate of drug-likeness (QED) is 0.319. The highest BCUT2D eigenvalue weighted by Gasteiger charge is 2.44. The molecule has 3 N–H and O–H groups in total. The van der Waals surface area contributed by atoms with Crippen molar-refractivity contribution in [1.29, 1.82) is 0 Å². The van der Waals surface area contributed by atoms with Crippen molar-refractivity contribution in [2.75, 3.05) is 13.7 Å². The van der Waals surface area contributed by atoms with E-state index < -0.39 is 42.1 Å². The normalized spacial score (nSPS) is 27.9. The average molecular weight is 638 g/mol. The summed E-state index contributed by atoms with van der Waals surface area (Å²) in [7, 11) is 1.55. The van der Waals surface area contributed by atoms with Crippen molar-refractivity contribution in [3.05, 3.63) is 36.0 Å². The van der Waals surface area contributed by atoms with Crippen molar-refractivity contribution in [3.8, 4) is 0 Å². The molecular formula is C34H47N5O7. The molecule has 1 aromatic carbocycles. The number of benzene rings is 1. The van der Waals surface area contributed by atoms with E-state index in [-0.39, 0.29) is 42.5 Å². The van der Waals surface area contributed by atoms with E-state index in [2.05, 4.69) is 16.0 Å². The van der Waals surface area contributed by atoms with Crippen LogP contribution in [0.15, 0.2) is 30.5 Å². The van der Waals surface area contributed by atoms with Crippen LogP contribution in [0.5, 0.6) is 0 Å². The second kappa shape index (κ2) is 14.7. The van der Waals surface area contributed by atoms with Crippen LogP contribution in [0.4, 0.5) is 0 Å². The van der Waals surface area contributed by atoms with Gasteiger partial charge in [-0.3, -0.25) is 24.0 Å². The molecule has 4 amide bonds. The summed E-state index contributed by atoms with van der Waals surface area (Å²) >= 11 is 0. The predicted octanol–water partition coefficient (Wildman–Crippen LogP) is 2.05. The van der Waals surface area contributed by atoms with Gasteiger partial charge in [0.2, 0.25) is 23.6 Å². The molecule has 12 heteroatoms. The third-order valence-electron chi connectivity index (χ3n) is 9.74. The molecule has 250 valence electrons. The van der Waals surface area contributed by atoms with Gasteiger partial charge in [0.25, 0.3) is 0 Å². The highest BCUT2D eigenvalue weighted by atomic mass is 16.6. The number of hydrogen-bond acceptors (Lipinski definition) is 7. The third kappa shape index (κ3) is 7.22. The first-order valence-corrected chi connectivity index (χ1v) is 16.7. The van der Waals surface area contributed by atoms with Crippen LogP contribution in [0.3, 0.4) is 0 Å². The monoisotopic (exact) mass is 637 g/mol. The lowest BCUT2D eigenvalue weighted by Crippen LogP contribution is -2.64. The van der Waals surface area contributed by atoms with E-state index in [4.69, 9.17) is 9.57 Å². The Morgan fingerprint density at radius 2 is 1.74 bits per heavy atom. The summed E-state index contributed by atoms with van der Waals surface area (Å²) in [4.78, 5) is 74.9. The molecule has 3 aliphatic rings. The molecule has 4 heterocycles. The lowest BCUT2D eigenvalue weighted by Gasteiger charge is -2.39. The van der Waals surface area contributed by atoms with Gasteiger partial charge in [-0.25, -0.2) is 0 Å². The molecule has 0 bridgehead atoms. The maximum atomic E-state index is 14.1. The van der Waals surface area contributed by atoms with Crippen LogP contribution in [0.25, 0.3) is 10.9 Å². The zero-order valence-electron chi connectivity index (χ0n) is 27.3.